The van der Waals surface area contributed by atoms with Crippen molar-refractivity contribution in [1.29, 1.82) is 0 Å². The van der Waals surface area contributed by atoms with Crippen molar-refractivity contribution in [3.8, 4) is 0 Å². The molecule has 0 fully saturated rings. The van der Waals surface area contributed by atoms with E-state index in [9.17, 15) is 0 Å². The smallest absolute Gasteiger partial charge is 0.0753 e. The lowest BCUT2D eigenvalue weighted by Gasteiger charge is -2.30. The van der Waals surface area contributed by atoms with Crippen LogP contribution in [0.15, 0.2) is 24.3 Å². The molecular formula is C19H33NO. The first-order valence-corrected chi connectivity index (χ1v) is 8.17. The molecule has 1 N–H and O–H groups in total. The first-order valence-electron chi connectivity index (χ1n) is 8.17. The van der Waals surface area contributed by atoms with Gasteiger partial charge >= 0.3 is 0 Å². The molecule has 1 rings (SSSR count). The number of benzene rings is 1. The summed E-state index contributed by atoms with van der Waals surface area (Å²) < 4.78 is 5.94. The molecule has 0 heterocycles. The van der Waals surface area contributed by atoms with Gasteiger partial charge in [-0.15, -0.1) is 0 Å². The van der Waals surface area contributed by atoms with Crippen LogP contribution < -0.4 is 5.32 Å². The van der Waals surface area contributed by atoms with Crippen LogP contribution in [0, 0.1) is 5.92 Å². The number of likely N-dealkylation sites (N-methyl/N-ethyl adjacent to an activating group) is 1. The largest absolute Gasteiger partial charge is 0.377 e. The number of nitrogens with one attached hydrogen (secondary N) is 1. The molecule has 0 aliphatic carbocycles. The maximum atomic E-state index is 5.94. The SMILES string of the molecule is CCOC(C(C)C)C(Cc1ccc(C(C)(C)C)cc1)NC. The lowest BCUT2D eigenvalue weighted by Crippen LogP contribution is -2.44. The zero-order valence-corrected chi connectivity index (χ0v) is 14.9. The van der Waals surface area contributed by atoms with Gasteiger partial charge in [0.15, 0.2) is 0 Å². The molecular weight excluding hydrogens is 258 g/mol. The second kappa shape index (κ2) is 7.95. The van der Waals surface area contributed by atoms with Crippen LogP contribution in [0.4, 0.5) is 0 Å². The standard InChI is InChI=1S/C19H33NO/c1-8-21-18(14(2)3)17(20-7)13-15-9-11-16(12-10-15)19(4,5)6/h9-12,14,17-18,20H,8,13H2,1-7H3. The van der Waals surface area contributed by atoms with Gasteiger partial charge in [0.1, 0.15) is 0 Å². The Morgan fingerprint density at radius 3 is 2.05 bits per heavy atom. The summed E-state index contributed by atoms with van der Waals surface area (Å²) in [5.41, 5.74) is 2.97. The van der Waals surface area contributed by atoms with E-state index in [0.717, 1.165) is 13.0 Å². The molecule has 0 amide bonds. The Hall–Kier alpha value is -0.860. The molecule has 0 aliphatic rings. The highest BCUT2D eigenvalue weighted by atomic mass is 16.5. The summed E-state index contributed by atoms with van der Waals surface area (Å²) >= 11 is 0. The van der Waals surface area contributed by atoms with E-state index in [0.29, 0.717) is 12.0 Å². The Bertz CT molecular complexity index is 403. The van der Waals surface area contributed by atoms with Gasteiger partial charge in [-0.3, -0.25) is 0 Å². The van der Waals surface area contributed by atoms with Gasteiger partial charge in [0.2, 0.25) is 0 Å². The fraction of sp³-hybridized carbons (Fsp3) is 0.684. The van der Waals surface area contributed by atoms with Crippen LogP contribution >= 0.6 is 0 Å². The van der Waals surface area contributed by atoms with Crippen molar-refractivity contribution in [3.63, 3.8) is 0 Å². The van der Waals surface area contributed by atoms with Crippen molar-refractivity contribution in [2.45, 2.75) is 65.5 Å². The topological polar surface area (TPSA) is 21.3 Å². The van der Waals surface area contributed by atoms with Crippen LogP contribution in [-0.2, 0) is 16.6 Å². The lowest BCUT2D eigenvalue weighted by atomic mass is 9.86. The fourth-order valence-corrected chi connectivity index (χ4v) is 2.74. The van der Waals surface area contributed by atoms with E-state index in [1.54, 1.807) is 0 Å². The van der Waals surface area contributed by atoms with Crippen molar-refractivity contribution in [2.75, 3.05) is 13.7 Å². The van der Waals surface area contributed by atoms with Crippen LogP contribution in [0.2, 0.25) is 0 Å². The third-order valence-corrected chi connectivity index (χ3v) is 4.06. The van der Waals surface area contributed by atoms with Gasteiger partial charge < -0.3 is 10.1 Å². The van der Waals surface area contributed by atoms with Gasteiger partial charge in [0, 0.05) is 12.6 Å². The van der Waals surface area contributed by atoms with Crippen LogP contribution in [0.5, 0.6) is 0 Å². The first kappa shape index (κ1) is 18.2. The highest BCUT2D eigenvalue weighted by molar-refractivity contribution is 5.28. The van der Waals surface area contributed by atoms with Crippen LogP contribution in [0.1, 0.15) is 52.7 Å². The van der Waals surface area contributed by atoms with Crippen LogP contribution in [0.25, 0.3) is 0 Å². The van der Waals surface area contributed by atoms with Crippen molar-refractivity contribution < 1.29 is 4.74 Å². The molecule has 0 saturated heterocycles. The van der Waals surface area contributed by atoms with Gasteiger partial charge in [0.05, 0.1) is 6.10 Å². The molecule has 2 heteroatoms. The van der Waals surface area contributed by atoms with Gasteiger partial charge in [-0.05, 0) is 42.9 Å². The van der Waals surface area contributed by atoms with E-state index in [1.165, 1.54) is 11.1 Å². The minimum absolute atomic E-state index is 0.215. The van der Waals surface area contributed by atoms with Crippen LogP contribution in [0.3, 0.4) is 0 Å². The second-order valence-corrected chi connectivity index (χ2v) is 7.21. The monoisotopic (exact) mass is 291 g/mol. The average molecular weight is 291 g/mol. The van der Waals surface area contributed by atoms with Crippen molar-refractivity contribution in [1.82, 2.24) is 5.32 Å². The Labute approximate surface area is 131 Å². The molecule has 21 heavy (non-hydrogen) atoms. The van der Waals surface area contributed by atoms with Gasteiger partial charge in [-0.2, -0.15) is 0 Å². The quantitative estimate of drug-likeness (QED) is 0.814. The minimum Gasteiger partial charge on any atom is -0.377 e. The van der Waals surface area contributed by atoms with Crippen molar-refractivity contribution in [2.24, 2.45) is 5.92 Å². The molecule has 0 aromatic heterocycles. The third kappa shape index (κ3) is 5.44. The molecule has 0 spiro atoms. The normalized spacial score (nSPS) is 15.2. The van der Waals surface area contributed by atoms with Gasteiger partial charge in [-0.25, -0.2) is 0 Å². The van der Waals surface area contributed by atoms with E-state index >= 15 is 0 Å². The fourth-order valence-electron chi connectivity index (χ4n) is 2.74. The summed E-state index contributed by atoms with van der Waals surface area (Å²) in [6.07, 6.45) is 1.26. The first-order chi connectivity index (χ1) is 9.79. The summed E-state index contributed by atoms with van der Waals surface area (Å²) in [6, 6.07) is 9.38. The number of hydrogen-bond donors (Lipinski definition) is 1. The predicted octanol–water partition coefficient (Wildman–Crippen LogP) is 4.18. The molecule has 1 aromatic rings. The lowest BCUT2D eigenvalue weighted by molar-refractivity contribution is 0.00535. The molecule has 0 saturated carbocycles. The zero-order chi connectivity index (χ0) is 16.0. The molecule has 2 unspecified atom stereocenters. The highest BCUT2D eigenvalue weighted by Gasteiger charge is 2.24. The number of hydrogen-bond acceptors (Lipinski definition) is 2. The van der Waals surface area contributed by atoms with E-state index in [2.05, 4.69) is 71.1 Å². The van der Waals surface area contributed by atoms with E-state index in [4.69, 9.17) is 4.74 Å². The minimum atomic E-state index is 0.215. The summed E-state index contributed by atoms with van der Waals surface area (Å²) in [5, 5.41) is 3.44. The molecule has 0 aliphatic heterocycles. The Balaban J connectivity index is 2.81. The predicted molar refractivity (Wildman–Crippen MR) is 91.9 cm³/mol. The highest BCUT2D eigenvalue weighted by Crippen LogP contribution is 2.23. The summed E-state index contributed by atoms with van der Waals surface area (Å²) in [5.74, 6) is 0.510. The van der Waals surface area contributed by atoms with E-state index < -0.39 is 0 Å². The summed E-state index contributed by atoms with van der Waals surface area (Å²) in [4.78, 5) is 0. The molecule has 0 radical (unpaired) electrons. The summed E-state index contributed by atoms with van der Waals surface area (Å²) in [6.45, 7) is 14.1. The maximum absolute atomic E-state index is 5.94. The van der Waals surface area contributed by atoms with E-state index in [1.807, 2.05) is 7.05 Å². The summed E-state index contributed by atoms with van der Waals surface area (Å²) in [7, 11) is 2.03. The second-order valence-electron chi connectivity index (χ2n) is 7.21. The number of ether oxygens (including phenoxy) is 1. The van der Waals surface area contributed by atoms with Gasteiger partial charge in [0.25, 0.3) is 0 Å². The van der Waals surface area contributed by atoms with Crippen molar-refractivity contribution in [3.05, 3.63) is 35.4 Å². The van der Waals surface area contributed by atoms with Gasteiger partial charge in [-0.1, -0.05) is 58.9 Å². The Kier molecular flexibility index (Phi) is 6.89. The molecule has 2 nitrogen and oxygen atoms in total. The Morgan fingerprint density at radius 1 is 1.10 bits per heavy atom. The van der Waals surface area contributed by atoms with Crippen LogP contribution in [-0.4, -0.2) is 25.8 Å². The molecule has 1 aromatic carbocycles. The Morgan fingerprint density at radius 2 is 1.67 bits per heavy atom. The van der Waals surface area contributed by atoms with E-state index in [-0.39, 0.29) is 11.5 Å². The zero-order valence-electron chi connectivity index (χ0n) is 14.9. The number of rotatable bonds is 7. The molecule has 120 valence electrons. The average Bonchev–Trinajstić information content (AvgIpc) is 2.42. The third-order valence-electron chi connectivity index (χ3n) is 4.06. The van der Waals surface area contributed by atoms with Crippen molar-refractivity contribution >= 4 is 0 Å². The molecule has 2 atom stereocenters. The maximum Gasteiger partial charge on any atom is 0.0753 e. The molecule has 0 bridgehead atoms.